The van der Waals surface area contributed by atoms with Crippen molar-refractivity contribution in [2.75, 3.05) is 23.4 Å². The van der Waals surface area contributed by atoms with Crippen LogP contribution >= 0.6 is 11.8 Å². The molecule has 1 amide bonds. The van der Waals surface area contributed by atoms with E-state index in [1.54, 1.807) is 54.2 Å². The van der Waals surface area contributed by atoms with Crippen molar-refractivity contribution in [1.29, 1.82) is 0 Å². The Morgan fingerprint density at radius 3 is 2.43 bits per heavy atom. The first-order valence-electron chi connectivity index (χ1n) is 12.2. The van der Waals surface area contributed by atoms with Gasteiger partial charge in [0.15, 0.2) is 12.1 Å². The molecule has 7 nitrogen and oxygen atoms in total. The Kier molecular flexibility index (Phi) is 9.49. The lowest BCUT2D eigenvalue weighted by atomic mass is 10.0. The zero-order valence-corrected chi connectivity index (χ0v) is 21.4. The van der Waals surface area contributed by atoms with E-state index in [0.717, 1.165) is 16.7 Å². The third-order valence-corrected chi connectivity index (χ3v) is 7.18. The van der Waals surface area contributed by atoms with Gasteiger partial charge in [0.1, 0.15) is 0 Å². The van der Waals surface area contributed by atoms with Gasteiger partial charge in [0.05, 0.1) is 25.4 Å². The number of aliphatic hydroxyl groups is 2. The van der Waals surface area contributed by atoms with Gasteiger partial charge in [-0.1, -0.05) is 48.5 Å². The van der Waals surface area contributed by atoms with Crippen LogP contribution in [0.3, 0.4) is 0 Å². The topological polar surface area (TPSA) is 105 Å². The van der Waals surface area contributed by atoms with Gasteiger partial charge in [-0.25, -0.2) is 0 Å². The third kappa shape index (κ3) is 7.28. The number of Topliss-reactive ketones (excluding diaryl/α,β-unsaturated/α-hetero) is 1. The number of carbonyl (C=O) groups excluding carboxylic acids is 2. The summed E-state index contributed by atoms with van der Waals surface area (Å²) in [5.74, 6) is 0.960. The number of ether oxygens (including phenoxy) is 2. The Bertz CT molecular complexity index is 1220. The Morgan fingerprint density at radius 2 is 1.70 bits per heavy atom. The highest BCUT2D eigenvalue weighted by atomic mass is 32.2. The fourth-order valence-corrected chi connectivity index (χ4v) is 4.92. The minimum absolute atomic E-state index is 0.0220. The molecule has 1 aliphatic heterocycles. The zero-order valence-electron chi connectivity index (χ0n) is 20.6. The standard InChI is InChI=1S/C29H31NO6S/c1-19(33)22-4-3-7-25(15-22)30-28(34)23-5-2-6-24(14-23)29-35-26(18-37-13-12-31)16-27(36-29)21-10-8-20(17-32)9-11-21/h2-11,14-15,26-27,29,31-32H,12-13,16-18H2,1H3,(H,30,34)/t26-,27+,29?/m0/s1. The SMILES string of the molecule is CC(=O)c1cccc(NC(=O)c2cccc(C3O[C@H](CSCCO)C[C@H](c4ccc(CO)cc4)O3)c2)c1. The molecule has 1 heterocycles. The number of hydrogen-bond donors (Lipinski definition) is 3. The molecule has 1 fully saturated rings. The second-order valence-corrected chi connectivity index (χ2v) is 10.0. The van der Waals surface area contributed by atoms with E-state index in [1.807, 2.05) is 30.3 Å². The molecular formula is C29H31NO6S. The molecule has 3 atom stereocenters. The minimum Gasteiger partial charge on any atom is -0.396 e. The summed E-state index contributed by atoms with van der Waals surface area (Å²) < 4.78 is 12.6. The second-order valence-electron chi connectivity index (χ2n) is 8.87. The maximum atomic E-state index is 13.0. The summed E-state index contributed by atoms with van der Waals surface area (Å²) in [4.78, 5) is 24.7. The van der Waals surface area contributed by atoms with E-state index in [9.17, 15) is 19.8 Å². The average Bonchev–Trinajstić information content (AvgIpc) is 2.93. The maximum absolute atomic E-state index is 13.0. The Morgan fingerprint density at radius 1 is 0.946 bits per heavy atom. The molecular weight excluding hydrogens is 490 g/mol. The molecule has 3 aromatic rings. The predicted octanol–water partition coefficient (Wildman–Crippen LogP) is 4.90. The van der Waals surface area contributed by atoms with E-state index in [-0.39, 0.29) is 37.1 Å². The molecule has 0 radical (unpaired) electrons. The lowest BCUT2D eigenvalue weighted by molar-refractivity contribution is -0.245. The Labute approximate surface area is 220 Å². The van der Waals surface area contributed by atoms with Crippen LogP contribution < -0.4 is 5.32 Å². The molecule has 1 unspecified atom stereocenters. The molecule has 1 saturated heterocycles. The van der Waals surface area contributed by atoms with Gasteiger partial charge in [-0.2, -0.15) is 11.8 Å². The van der Waals surface area contributed by atoms with Crippen molar-refractivity contribution in [2.45, 2.75) is 38.4 Å². The highest BCUT2D eigenvalue weighted by Crippen LogP contribution is 2.39. The summed E-state index contributed by atoms with van der Waals surface area (Å²) in [6.07, 6.45) is -0.354. The first-order chi connectivity index (χ1) is 18.0. The fraction of sp³-hybridized carbons (Fsp3) is 0.310. The number of amides is 1. The van der Waals surface area contributed by atoms with E-state index in [4.69, 9.17) is 9.47 Å². The summed E-state index contributed by atoms with van der Waals surface area (Å²) in [6.45, 7) is 1.57. The van der Waals surface area contributed by atoms with Gasteiger partial charge in [-0.15, -0.1) is 0 Å². The molecule has 194 valence electrons. The number of hydrogen-bond acceptors (Lipinski definition) is 7. The van der Waals surface area contributed by atoms with E-state index >= 15 is 0 Å². The van der Waals surface area contributed by atoms with Crippen molar-refractivity contribution >= 4 is 29.1 Å². The molecule has 0 aromatic heterocycles. The number of rotatable bonds is 10. The van der Waals surface area contributed by atoms with E-state index < -0.39 is 6.29 Å². The van der Waals surface area contributed by atoms with Gasteiger partial charge in [0.2, 0.25) is 0 Å². The summed E-state index contributed by atoms with van der Waals surface area (Å²) in [6, 6.07) is 21.6. The number of ketones is 1. The predicted molar refractivity (Wildman–Crippen MR) is 144 cm³/mol. The van der Waals surface area contributed by atoms with Crippen LogP contribution in [0.15, 0.2) is 72.8 Å². The van der Waals surface area contributed by atoms with Gasteiger partial charge in [0, 0.05) is 40.3 Å². The molecule has 4 rings (SSSR count). The fourth-order valence-electron chi connectivity index (χ4n) is 4.15. The quantitative estimate of drug-likeness (QED) is 0.257. The van der Waals surface area contributed by atoms with E-state index in [1.165, 1.54) is 6.92 Å². The van der Waals surface area contributed by atoms with Crippen LogP contribution in [-0.4, -0.2) is 46.1 Å². The van der Waals surface area contributed by atoms with Gasteiger partial charge in [-0.05, 0) is 42.3 Å². The number of anilines is 1. The van der Waals surface area contributed by atoms with Gasteiger partial charge >= 0.3 is 0 Å². The lowest BCUT2D eigenvalue weighted by Gasteiger charge is -2.36. The maximum Gasteiger partial charge on any atom is 0.255 e. The van der Waals surface area contributed by atoms with Crippen molar-refractivity contribution < 1.29 is 29.3 Å². The van der Waals surface area contributed by atoms with Crippen LogP contribution in [-0.2, 0) is 16.1 Å². The molecule has 3 aromatic carbocycles. The van der Waals surface area contributed by atoms with Crippen molar-refractivity contribution in [3.8, 4) is 0 Å². The first-order valence-corrected chi connectivity index (χ1v) is 13.3. The molecule has 3 N–H and O–H groups in total. The van der Waals surface area contributed by atoms with Gasteiger partial charge in [0.25, 0.3) is 5.91 Å². The summed E-state index contributed by atoms with van der Waals surface area (Å²) in [5, 5.41) is 21.4. The number of thioether (sulfide) groups is 1. The third-order valence-electron chi connectivity index (χ3n) is 6.10. The van der Waals surface area contributed by atoms with Crippen LogP contribution in [0.4, 0.5) is 5.69 Å². The number of aliphatic hydroxyl groups excluding tert-OH is 2. The molecule has 1 aliphatic rings. The Hall–Kier alpha value is -3.01. The minimum atomic E-state index is -0.676. The molecule has 0 saturated carbocycles. The normalized spacial score (nSPS) is 19.4. The van der Waals surface area contributed by atoms with Crippen LogP contribution in [0.25, 0.3) is 0 Å². The zero-order chi connectivity index (χ0) is 26.2. The smallest absolute Gasteiger partial charge is 0.255 e. The highest BCUT2D eigenvalue weighted by Gasteiger charge is 2.32. The molecule has 8 heteroatoms. The number of benzene rings is 3. The first kappa shape index (κ1) is 27.0. The van der Waals surface area contributed by atoms with Crippen LogP contribution in [0, 0.1) is 0 Å². The summed E-state index contributed by atoms with van der Waals surface area (Å²) in [7, 11) is 0. The molecule has 0 bridgehead atoms. The van der Waals surface area contributed by atoms with Gasteiger partial charge < -0.3 is 25.0 Å². The molecule has 37 heavy (non-hydrogen) atoms. The van der Waals surface area contributed by atoms with Crippen molar-refractivity contribution in [2.24, 2.45) is 0 Å². The van der Waals surface area contributed by atoms with E-state index in [0.29, 0.717) is 34.7 Å². The second kappa shape index (κ2) is 13.0. The van der Waals surface area contributed by atoms with Crippen LogP contribution in [0.1, 0.15) is 63.1 Å². The largest absolute Gasteiger partial charge is 0.396 e. The monoisotopic (exact) mass is 521 g/mol. The van der Waals surface area contributed by atoms with Crippen molar-refractivity contribution in [3.63, 3.8) is 0 Å². The number of nitrogens with one attached hydrogen (secondary N) is 1. The average molecular weight is 522 g/mol. The van der Waals surface area contributed by atoms with Crippen molar-refractivity contribution in [1.82, 2.24) is 0 Å². The number of carbonyl (C=O) groups is 2. The van der Waals surface area contributed by atoms with Crippen molar-refractivity contribution in [3.05, 3.63) is 101 Å². The lowest BCUT2D eigenvalue weighted by Crippen LogP contribution is -2.31. The molecule has 0 aliphatic carbocycles. The van der Waals surface area contributed by atoms with E-state index in [2.05, 4.69) is 5.32 Å². The molecule has 0 spiro atoms. The van der Waals surface area contributed by atoms with Gasteiger partial charge in [-0.3, -0.25) is 9.59 Å². The highest BCUT2D eigenvalue weighted by molar-refractivity contribution is 7.99. The summed E-state index contributed by atoms with van der Waals surface area (Å²) >= 11 is 1.62. The van der Waals surface area contributed by atoms with Crippen LogP contribution in [0.2, 0.25) is 0 Å². The Balaban J connectivity index is 1.53. The summed E-state index contributed by atoms with van der Waals surface area (Å²) in [5.41, 5.74) is 4.05. The van der Waals surface area contributed by atoms with Crippen LogP contribution in [0.5, 0.6) is 0 Å².